The summed E-state index contributed by atoms with van der Waals surface area (Å²) in [6, 6.07) is 3.16. The van der Waals surface area contributed by atoms with Gasteiger partial charge in [0.05, 0.1) is 5.57 Å². The number of fused-ring (bicyclic) bond motifs is 1. The summed E-state index contributed by atoms with van der Waals surface area (Å²) in [4.78, 5) is 35.4. The van der Waals surface area contributed by atoms with Crippen molar-refractivity contribution in [3.05, 3.63) is 58.2 Å². The van der Waals surface area contributed by atoms with Crippen LogP contribution in [0.5, 0.6) is 0 Å². The number of ketones is 1. The van der Waals surface area contributed by atoms with Crippen LogP contribution >= 0.6 is 11.6 Å². The summed E-state index contributed by atoms with van der Waals surface area (Å²) in [5, 5.41) is 12.2. The minimum atomic E-state index is -1.08. The van der Waals surface area contributed by atoms with Crippen molar-refractivity contribution >= 4 is 29.3 Å². The van der Waals surface area contributed by atoms with E-state index < -0.39 is 12.1 Å². The molecule has 1 atom stereocenters. The van der Waals surface area contributed by atoms with Crippen molar-refractivity contribution in [1.29, 1.82) is 0 Å². The Morgan fingerprint density at radius 2 is 1.89 bits per heavy atom. The molecule has 2 heterocycles. The molecule has 7 nitrogen and oxygen atoms in total. The Bertz CT molecular complexity index is 932. The number of amides is 1. The number of carboxylic acids is 1. The van der Waals surface area contributed by atoms with Gasteiger partial charge in [0.1, 0.15) is 11.5 Å². The second-order valence-corrected chi connectivity index (χ2v) is 7.52. The number of halogens is 1. The standard InChI is InChI=1S/C20H18ClNO6/c21-11-7-14(23)13-9-18(28-17(13)8-11)19(24)22-12-3-1-10(2-4-12)15-5-6-16(27-15)20(25)26/h5-10,12,18H,1-4H2,(H,22,24)(H,25,26). The van der Waals surface area contributed by atoms with Crippen molar-refractivity contribution in [2.75, 3.05) is 0 Å². The Kier molecular flexibility index (Phi) is 4.85. The second-order valence-electron chi connectivity index (χ2n) is 7.09. The summed E-state index contributed by atoms with van der Waals surface area (Å²) in [6.45, 7) is 0. The van der Waals surface area contributed by atoms with Gasteiger partial charge in [-0.15, -0.1) is 0 Å². The van der Waals surface area contributed by atoms with Crippen molar-refractivity contribution < 1.29 is 28.6 Å². The maximum atomic E-state index is 12.5. The zero-order valence-corrected chi connectivity index (χ0v) is 15.6. The number of rotatable bonds is 4. The quantitative estimate of drug-likeness (QED) is 0.800. The summed E-state index contributed by atoms with van der Waals surface area (Å²) in [5.74, 6) is -0.553. The first-order chi connectivity index (χ1) is 13.4. The Morgan fingerprint density at radius 1 is 1.14 bits per heavy atom. The first kappa shape index (κ1) is 18.6. The van der Waals surface area contributed by atoms with E-state index in [0.29, 0.717) is 17.1 Å². The molecule has 1 aromatic heterocycles. The zero-order valence-electron chi connectivity index (χ0n) is 14.8. The molecule has 1 unspecified atom stereocenters. The van der Waals surface area contributed by atoms with Crippen LogP contribution < -0.4 is 5.32 Å². The number of hydrogen-bond acceptors (Lipinski definition) is 5. The van der Waals surface area contributed by atoms with E-state index in [1.54, 1.807) is 6.07 Å². The van der Waals surface area contributed by atoms with E-state index in [1.807, 2.05) is 0 Å². The molecule has 1 saturated carbocycles. The summed E-state index contributed by atoms with van der Waals surface area (Å²) < 4.78 is 11.0. The predicted molar refractivity (Wildman–Crippen MR) is 98.8 cm³/mol. The maximum Gasteiger partial charge on any atom is 0.371 e. The van der Waals surface area contributed by atoms with Gasteiger partial charge in [0.2, 0.25) is 5.76 Å². The molecule has 0 radical (unpaired) electrons. The molecule has 4 rings (SSSR count). The molecular weight excluding hydrogens is 386 g/mol. The van der Waals surface area contributed by atoms with Crippen LogP contribution in [0.15, 0.2) is 51.1 Å². The van der Waals surface area contributed by atoms with Gasteiger partial charge in [0.25, 0.3) is 5.91 Å². The molecule has 1 fully saturated rings. The fourth-order valence-electron chi connectivity index (χ4n) is 3.78. The summed E-state index contributed by atoms with van der Waals surface area (Å²) >= 11 is 5.86. The van der Waals surface area contributed by atoms with E-state index in [2.05, 4.69) is 5.32 Å². The number of carbonyl (C=O) groups is 3. The fourth-order valence-corrected chi connectivity index (χ4v) is 3.97. The van der Waals surface area contributed by atoms with Gasteiger partial charge in [-0.3, -0.25) is 9.59 Å². The highest BCUT2D eigenvalue weighted by molar-refractivity contribution is 6.34. The number of allylic oxidation sites excluding steroid dienone is 4. The van der Waals surface area contributed by atoms with Gasteiger partial charge in [-0.05, 0) is 50.0 Å². The number of furan rings is 1. The van der Waals surface area contributed by atoms with Crippen LogP contribution in [0.4, 0.5) is 0 Å². The lowest BCUT2D eigenvalue weighted by molar-refractivity contribution is -0.128. The lowest BCUT2D eigenvalue weighted by atomic mass is 9.84. The van der Waals surface area contributed by atoms with Gasteiger partial charge >= 0.3 is 5.97 Å². The van der Waals surface area contributed by atoms with Crippen LogP contribution in [0.2, 0.25) is 0 Å². The molecule has 1 aliphatic heterocycles. The Balaban J connectivity index is 1.32. The van der Waals surface area contributed by atoms with E-state index in [1.165, 1.54) is 24.3 Å². The topological polar surface area (TPSA) is 106 Å². The summed E-state index contributed by atoms with van der Waals surface area (Å²) in [6.07, 6.45) is 6.57. The molecule has 1 amide bonds. The van der Waals surface area contributed by atoms with Gasteiger partial charge in [0.15, 0.2) is 11.9 Å². The van der Waals surface area contributed by atoms with Crippen molar-refractivity contribution in [1.82, 2.24) is 5.32 Å². The molecular formula is C20H18ClNO6. The van der Waals surface area contributed by atoms with Crippen LogP contribution in [0.3, 0.4) is 0 Å². The monoisotopic (exact) mass is 403 g/mol. The average molecular weight is 404 g/mol. The largest absolute Gasteiger partial charge is 0.476 e. The molecule has 0 saturated heterocycles. The fraction of sp³-hybridized carbons (Fsp3) is 0.350. The molecule has 0 bridgehead atoms. The van der Waals surface area contributed by atoms with E-state index >= 15 is 0 Å². The van der Waals surface area contributed by atoms with Gasteiger partial charge in [-0.2, -0.15) is 0 Å². The molecule has 8 heteroatoms. The van der Waals surface area contributed by atoms with Gasteiger partial charge in [0, 0.05) is 23.1 Å². The van der Waals surface area contributed by atoms with Crippen LogP contribution in [0.25, 0.3) is 0 Å². The molecule has 3 aliphatic rings. The average Bonchev–Trinajstić information content (AvgIpc) is 3.29. The molecule has 1 aromatic rings. The zero-order chi connectivity index (χ0) is 19.8. The van der Waals surface area contributed by atoms with Gasteiger partial charge < -0.3 is 19.6 Å². The third-order valence-electron chi connectivity index (χ3n) is 5.21. The van der Waals surface area contributed by atoms with Crippen molar-refractivity contribution in [3.63, 3.8) is 0 Å². The normalized spacial score (nSPS) is 26.5. The Labute approximate surface area is 165 Å². The predicted octanol–water partition coefficient (Wildman–Crippen LogP) is 3.03. The highest BCUT2D eigenvalue weighted by atomic mass is 35.5. The van der Waals surface area contributed by atoms with Crippen LogP contribution in [0, 0.1) is 0 Å². The van der Waals surface area contributed by atoms with E-state index in [-0.39, 0.29) is 34.4 Å². The Morgan fingerprint density at radius 3 is 2.57 bits per heavy atom. The SMILES string of the molecule is O=C1C=C(Cl)C=C2OC(C(=O)NC3CCC(c4ccc(C(=O)O)o4)CC3)C=C12. The summed E-state index contributed by atoms with van der Waals surface area (Å²) in [7, 11) is 0. The van der Waals surface area contributed by atoms with E-state index in [4.69, 9.17) is 25.9 Å². The first-order valence-electron chi connectivity index (χ1n) is 9.06. The van der Waals surface area contributed by atoms with Crippen LogP contribution in [-0.4, -0.2) is 34.9 Å². The third kappa shape index (κ3) is 3.62. The van der Waals surface area contributed by atoms with Crippen molar-refractivity contribution in [3.8, 4) is 0 Å². The minimum absolute atomic E-state index is 0.00585. The Hall–Kier alpha value is -2.80. The molecule has 146 valence electrons. The van der Waals surface area contributed by atoms with Crippen molar-refractivity contribution in [2.45, 2.75) is 43.7 Å². The number of carboxylic acid groups (broad SMARTS) is 1. The molecule has 28 heavy (non-hydrogen) atoms. The molecule has 2 N–H and O–H groups in total. The number of carbonyl (C=O) groups excluding carboxylic acids is 2. The number of hydrogen-bond donors (Lipinski definition) is 2. The maximum absolute atomic E-state index is 12.5. The number of nitrogens with one attached hydrogen (secondary N) is 1. The highest BCUT2D eigenvalue weighted by Crippen LogP contribution is 2.35. The van der Waals surface area contributed by atoms with E-state index in [0.717, 1.165) is 25.7 Å². The number of aromatic carboxylic acids is 1. The highest BCUT2D eigenvalue weighted by Gasteiger charge is 2.34. The first-order valence-corrected chi connectivity index (χ1v) is 9.44. The second kappa shape index (κ2) is 7.31. The lowest BCUT2D eigenvalue weighted by Crippen LogP contribution is -2.42. The molecule has 0 aromatic carbocycles. The smallest absolute Gasteiger partial charge is 0.371 e. The minimum Gasteiger partial charge on any atom is -0.476 e. The van der Waals surface area contributed by atoms with Crippen molar-refractivity contribution in [2.24, 2.45) is 0 Å². The van der Waals surface area contributed by atoms with Gasteiger partial charge in [-0.25, -0.2) is 4.79 Å². The summed E-state index contributed by atoms with van der Waals surface area (Å²) in [5.41, 5.74) is 0.361. The van der Waals surface area contributed by atoms with E-state index in [9.17, 15) is 14.4 Å². The number of ether oxygens (including phenoxy) is 1. The lowest BCUT2D eigenvalue weighted by Gasteiger charge is -2.28. The van der Waals surface area contributed by atoms with Crippen LogP contribution in [0.1, 0.15) is 47.9 Å². The van der Waals surface area contributed by atoms with Crippen LogP contribution in [-0.2, 0) is 14.3 Å². The molecule has 2 aliphatic carbocycles. The molecule has 0 spiro atoms. The third-order valence-corrected chi connectivity index (χ3v) is 5.43. The van der Waals surface area contributed by atoms with Gasteiger partial charge in [-0.1, -0.05) is 11.6 Å².